The number of aromatic nitrogens is 3. The second kappa shape index (κ2) is 5.33. The van der Waals surface area contributed by atoms with Gasteiger partial charge in [-0.25, -0.2) is 4.98 Å². The van der Waals surface area contributed by atoms with Crippen LogP contribution < -0.4 is 5.32 Å². The number of nitrogens with one attached hydrogen (secondary N) is 2. The number of hydrogen-bond donors (Lipinski definition) is 3. The molecule has 112 valence electrons. The first kappa shape index (κ1) is 13.1. The topological polar surface area (TPSA) is 73.8 Å². The highest BCUT2D eigenvalue weighted by Crippen LogP contribution is 2.34. The van der Waals surface area contributed by atoms with E-state index in [1.165, 1.54) is 31.4 Å². The fourth-order valence-corrected chi connectivity index (χ4v) is 3.22. The van der Waals surface area contributed by atoms with E-state index in [0.29, 0.717) is 11.7 Å². The van der Waals surface area contributed by atoms with E-state index in [-0.39, 0.29) is 5.75 Å². The predicted molar refractivity (Wildman–Crippen MR) is 86.5 cm³/mol. The van der Waals surface area contributed by atoms with E-state index in [2.05, 4.69) is 26.6 Å². The van der Waals surface area contributed by atoms with E-state index in [1.54, 1.807) is 18.3 Å². The van der Waals surface area contributed by atoms with Crippen molar-refractivity contribution in [2.24, 2.45) is 0 Å². The van der Waals surface area contributed by atoms with Crippen LogP contribution in [0.4, 0.5) is 11.6 Å². The average molecular weight is 294 g/mol. The maximum absolute atomic E-state index is 9.69. The van der Waals surface area contributed by atoms with Crippen LogP contribution in [0.3, 0.4) is 0 Å². The molecule has 3 N–H and O–H groups in total. The van der Waals surface area contributed by atoms with Crippen molar-refractivity contribution in [3.63, 3.8) is 0 Å². The monoisotopic (exact) mass is 294 g/mol. The molecule has 5 heteroatoms. The third-order valence-electron chi connectivity index (χ3n) is 4.39. The second-order valence-corrected chi connectivity index (χ2v) is 5.88. The highest BCUT2D eigenvalue weighted by atomic mass is 16.3. The van der Waals surface area contributed by atoms with Gasteiger partial charge < -0.3 is 10.4 Å². The van der Waals surface area contributed by atoms with Gasteiger partial charge in [0, 0.05) is 29.3 Å². The molecule has 0 bridgehead atoms. The number of aromatic hydroxyl groups is 1. The van der Waals surface area contributed by atoms with Crippen molar-refractivity contribution < 1.29 is 5.11 Å². The summed E-state index contributed by atoms with van der Waals surface area (Å²) in [4.78, 5) is 4.37. The van der Waals surface area contributed by atoms with Crippen molar-refractivity contribution in [3.05, 3.63) is 42.2 Å². The van der Waals surface area contributed by atoms with Gasteiger partial charge in [0.15, 0.2) is 5.82 Å². The molecule has 0 amide bonds. The summed E-state index contributed by atoms with van der Waals surface area (Å²) in [5.74, 6) is 2.31. The molecule has 3 aromatic rings. The van der Waals surface area contributed by atoms with E-state index < -0.39 is 0 Å². The Morgan fingerprint density at radius 2 is 2.00 bits per heavy atom. The quantitative estimate of drug-likeness (QED) is 0.681. The van der Waals surface area contributed by atoms with Crippen LogP contribution in [0.2, 0.25) is 0 Å². The standard InChI is InChI=1S/C17H18N4O/c22-13-6-5-11-7-8-18-17(14(11)9-13)19-16-10-15(20-21-16)12-3-1-2-4-12/h5-10,12,22H,1-4H2,(H2,18,19,20,21). The van der Waals surface area contributed by atoms with Gasteiger partial charge in [0.2, 0.25) is 0 Å². The smallest absolute Gasteiger partial charge is 0.153 e. The van der Waals surface area contributed by atoms with Crippen LogP contribution in [-0.4, -0.2) is 20.3 Å². The molecule has 5 nitrogen and oxygen atoms in total. The van der Waals surface area contributed by atoms with Crippen LogP contribution in [0.1, 0.15) is 37.3 Å². The number of phenols is 1. The van der Waals surface area contributed by atoms with Crippen molar-refractivity contribution in [3.8, 4) is 5.75 Å². The Labute approximate surface area is 128 Å². The molecule has 0 saturated heterocycles. The predicted octanol–water partition coefficient (Wildman–Crippen LogP) is 4.06. The van der Waals surface area contributed by atoms with E-state index in [0.717, 1.165) is 16.6 Å². The third kappa shape index (κ3) is 2.39. The molecule has 0 spiro atoms. The number of H-pyrrole nitrogens is 1. The molecule has 0 unspecified atom stereocenters. The lowest BCUT2D eigenvalue weighted by molar-refractivity contribution is 0.476. The molecule has 1 saturated carbocycles. The van der Waals surface area contributed by atoms with Crippen LogP contribution in [0.5, 0.6) is 5.75 Å². The molecule has 22 heavy (non-hydrogen) atoms. The minimum atomic E-state index is 0.234. The van der Waals surface area contributed by atoms with E-state index in [4.69, 9.17) is 0 Å². The number of nitrogens with zero attached hydrogens (tertiary/aromatic N) is 2. The molecule has 0 aliphatic heterocycles. The summed E-state index contributed by atoms with van der Waals surface area (Å²) in [5.41, 5.74) is 1.20. The lowest BCUT2D eigenvalue weighted by atomic mass is 10.0. The van der Waals surface area contributed by atoms with E-state index >= 15 is 0 Å². The Kier molecular flexibility index (Phi) is 3.18. The molecule has 1 fully saturated rings. The van der Waals surface area contributed by atoms with Gasteiger partial charge in [-0.2, -0.15) is 5.10 Å². The van der Waals surface area contributed by atoms with Crippen molar-refractivity contribution in [1.82, 2.24) is 15.2 Å². The van der Waals surface area contributed by atoms with Gasteiger partial charge in [0.1, 0.15) is 11.6 Å². The number of benzene rings is 1. The number of pyridine rings is 1. The zero-order chi connectivity index (χ0) is 14.9. The molecular weight excluding hydrogens is 276 g/mol. The van der Waals surface area contributed by atoms with E-state index in [1.807, 2.05) is 12.1 Å². The molecule has 2 heterocycles. The Morgan fingerprint density at radius 3 is 2.86 bits per heavy atom. The number of aromatic amines is 1. The zero-order valence-electron chi connectivity index (χ0n) is 12.2. The second-order valence-electron chi connectivity index (χ2n) is 5.88. The maximum Gasteiger partial charge on any atom is 0.153 e. The molecule has 1 aliphatic rings. The third-order valence-corrected chi connectivity index (χ3v) is 4.39. The van der Waals surface area contributed by atoms with Crippen LogP contribution in [-0.2, 0) is 0 Å². The van der Waals surface area contributed by atoms with Gasteiger partial charge in [0.25, 0.3) is 0 Å². The molecule has 1 aromatic carbocycles. The summed E-state index contributed by atoms with van der Waals surface area (Å²) in [6.07, 6.45) is 6.84. The van der Waals surface area contributed by atoms with E-state index in [9.17, 15) is 5.11 Å². The highest BCUT2D eigenvalue weighted by Gasteiger charge is 2.19. The number of hydrogen-bond acceptors (Lipinski definition) is 4. The molecule has 4 rings (SSSR count). The summed E-state index contributed by atoms with van der Waals surface area (Å²) < 4.78 is 0. The molecule has 0 atom stereocenters. The number of rotatable bonds is 3. The summed E-state index contributed by atoms with van der Waals surface area (Å²) in [7, 11) is 0. The summed E-state index contributed by atoms with van der Waals surface area (Å²) >= 11 is 0. The highest BCUT2D eigenvalue weighted by molar-refractivity contribution is 5.93. The average Bonchev–Trinajstić information content (AvgIpc) is 3.18. The van der Waals surface area contributed by atoms with Crippen LogP contribution in [0, 0.1) is 0 Å². The fraction of sp³-hybridized carbons (Fsp3) is 0.294. The lowest BCUT2D eigenvalue weighted by Gasteiger charge is -2.07. The summed E-state index contributed by atoms with van der Waals surface area (Å²) in [6, 6.07) is 9.27. The van der Waals surface area contributed by atoms with Gasteiger partial charge >= 0.3 is 0 Å². The van der Waals surface area contributed by atoms with Gasteiger partial charge in [-0.3, -0.25) is 5.10 Å². The SMILES string of the molecule is Oc1ccc2ccnc(Nc3cc(C4CCCC4)[nH]n3)c2c1. The van der Waals surface area contributed by atoms with Crippen molar-refractivity contribution in [2.45, 2.75) is 31.6 Å². The lowest BCUT2D eigenvalue weighted by Crippen LogP contribution is -1.94. The van der Waals surface area contributed by atoms with Crippen LogP contribution in [0.25, 0.3) is 10.8 Å². The van der Waals surface area contributed by atoms with Crippen molar-refractivity contribution in [1.29, 1.82) is 0 Å². The number of anilines is 2. The number of phenolic OH excluding ortho intramolecular Hbond substituents is 1. The fourth-order valence-electron chi connectivity index (χ4n) is 3.22. The normalized spacial score (nSPS) is 15.5. The summed E-state index contributed by atoms with van der Waals surface area (Å²) in [5, 5.41) is 22.3. The molecule has 0 radical (unpaired) electrons. The Balaban J connectivity index is 1.64. The Hall–Kier alpha value is -2.56. The van der Waals surface area contributed by atoms with Gasteiger partial charge in [-0.15, -0.1) is 0 Å². The first-order valence-electron chi connectivity index (χ1n) is 7.70. The zero-order valence-corrected chi connectivity index (χ0v) is 12.2. The maximum atomic E-state index is 9.69. The van der Waals surface area contributed by atoms with Gasteiger partial charge in [0.05, 0.1) is 0 Å². The van der Waals surface area contributed by atoms with Crippen molar-refractivity contribution >= 4 is 22.4 Å². The summed E-state index contributed by atoms with van der Waals surface area (Å²) in [6.45, 7) is 0. The van der Waals surface area contributed by atoms with Gasteiger partial charge in [-0.05, 0) is 36.4 Å². The first-order chi connectivity index (χ1) is 10.8. The minimum absolute atomic E-state index is 0.234. The largest absolute Gasteiger partial charge is 0.508 e. The van der Waals surface area contributed by atoms with Crippen LogP contribution in [0.15, 0.2) is 36.5 Å². The van der Waals surface area contributed by atoms with Crippen molar-refractivity contribution in [2.75, 3.05) is 5.32 Å². The van der Waals surface area contributed by atoms with Crippen LogP contribution >= 0.6 is 0 Å². The van der Waals surface area contributed by atoms with Gasteiger partial charge in [-0.1, -0.05) is 18.9 Å². The molecular formula is C17H18N4O. The molecule has 1 aliphatic carbocycles. The Morgan fingerprint density at radius 1 is 1.14 bits per heavy atom. The first-order valence-corrected chi connectivity index (χ1v) is 7.70. The number of fused-ring (bicyclic) bond motifs is 1. The Bertz CT molecular complexity index is 805. The molecule has 2 aromatic heterocycles. The minimum Gasteiger partial charge on any atom is -0.508 e.